The lowest BCUT2D eigenvalue weighted by Gasteiger charge is -2.19. The second kappa shape index (κ2) is 5.21. The highest BCUT2D eigenvalue weighted by molar-refractivity contribution is 5.95. The van der Waals surface area contributed by atoms with Crippen molar-refractivity contribution in [3.05, 3.63) is 47.8 Å². The minimum atomic E-state index is 0.0560. The van der Waals surface area contributed by atoms with E-state index in [1.807, 2.05) is 30.5 Å². The number of aromatic nitrogens is 1. The van der Waals surface area contributed by atoms with Crippen molar-refractivity contribution in [3.63, 3.8) is 0 Å². The van der Waals surface area contributed by atoms with Gasteiger partial charge in [0.05, 0.1) is 11.4 Å². The number of carbonyl (C=O) groups excluding carboxylic acids is 1. The molecule has 0 unspecified atom stereocenters. The molecular formula is C15H16N4O. The van der Waals surface area contributed by atoms with E-state index in [-0.39, 0.29) is 5.91 Å². The Kier molecular flexibility index (Phi) is 3.25. The van der Waals surface area contributed by atoms with E-state index in [4.69, 9.17) is 5.73 Å². The molecule has 5 heteroatoms. The molecule has 0 saturated heterocycles. The Bertz CT molecular complexity index is 640. The number of nitrogens with one attached hydrogen (secondary N) is 2. The second-order valence-electron chi connectivity index (χ2n) is 4.86. The normalized spacial score (nSPS) is 13.5. The lowest BCUT2D eigenvalue weighted by Crippen LogP contribution is -2.19. The SMILES string of the molecule is Nc1cc2c(cc1NCc1cccnc1)NC(=O)CC2. The van der Waals surface area contributed by atoms with Gasteiger partial charge in [0, 0.05) is 31.0 Å². The standard InChI is InChI=1S/C15H16N4O/c16-12-6-11-3-4-15(20)19-13(11)7-14(12)18-9-10-2-1-5-17-8-10/h1-2,5-8,18H,3-4,9,16H2,(H,19,20). The van der Waals surface area contributed by atoms with Crippen LogP contribution in [0.15, 0.2) is 36.7 Å². The largest absolute Gasteiger partial charge is 0.397 e. The number of rotatable bonds is 3. The molecule has 3 rings (SSSR count). The first-order valence-corrected chi connectivity index (χ1v) is 6.57. The van der Waals surface area contributed by atoms with Gasteiger partial charge in [-0.2, -0.15) is 0 Å². The molecule has 0 radical (unpaired) electrons. The lowest BCUT2D eigenvalue weighted by molar-refractivity contribution is -0.116. The van der Waals surface area contributed by atoms with Gasteiger partial charge in [-0.15, -0.1) is 0 Å². The van der Waals surface area contributed by atoms with Gasteiger partial charge < -0.3 is 16.4 Å². The summed E-state index contributed by atoms with van der Waals surface area (Å²) in [5.74, 6) is 0.0560. The Morgan fingerprint density at radius 2 is 2.25 bits per heavy atom. The maximum absolute atomic E-state index is 11.4. The quantitative estimate of drug-likeness (QED) is 0.745. The highest BCUT2D eigenvalue weighted by Crippen LogP contribution is 2.31. The van der Waals surface area contributed by atoms with Crippen LogP contribution in [0.3, 0.4) is 0 Å². The zero-order valence-corrected chi connectivity index (χ0v) is 11.0. The van der Waals surface area contributed by atoms with Crippen molar-refractivity contribution in [3.8, 4) is 0 Å². The van der Waals surface area contributed by atoms with Crippen LogP contribution in [0.1, 0.15) is 17.5 Å². The molecule has 2 aromatic rings. The number of pyridine rings is 1. The molecule has 1 aromatic heterocycles. The fraction of sp³-hybridized carbons (Fsp3) is 0.200. The number of nitrogens with two attached hydrogens (primary N) is 1. The van der Waals surface area contributed by atoms with E-state index < -0.39 is 0 Å². The molecule has 20 heavy (non-hydrogen) atoms. The van der Waals surface area contributed by atoms with Gasteiger partial charge in [0.25, 0.3) is 0 Å². The lowest BCUT2D eigenvalue weighted by atomic mass is 10.0. The monoisotopic (exact) mass is 268 g/mol. The number of amides is 1. The minimum absolute atomic E-state index is 0.0560. The van der Waals surface area contributed by atoms with Crippen molar-refractivity contribution in [2.24, 2.45) is 0 Å². The number of fused-ring (bicyclic) bond motifs is 1. The maximum atomic E-state index is 11.4. The van der Waals surface area contributed by atoms with Crippen LogP contribution in [0.2, 0.25) is 0 Å². The van der Waals surface area contributed by atoms with Gasteiger partial charge in [0.2, 0.25) is 5.91 Å². The third kappa shape index (κ3) is 2.56. The van der Waals surface area contributed by atoms with E-state index in [2.05, 4.69) is 15.6 Å². The van der Waals surface area contributed by atoms with Gasteiger partial charge in [0.15, 0.2) is 0 Å². The van der Waals surface area contributed by atoms with Crippen molar-refractivity contribution in [1.82, 2.24) is 4.98 Å². The minimum Gasteiger partial charge on any atom is -0.397 e. The number of hydrogen-bond donors (Lipinski definition) is 3. The summed E-state index contributed by atoms with van der Waals surface area (Å²) in [5, 5.41) is 6.16. The number of aryl methyl sites for hydroxylation is 1. The van der Waals surface area contributed by atoms with Crippen molar-refractivity contribution in [2.75, 3.05) is 16.4 Å². The molecule has 1 aliphatic rings. The molecule has 1 amide bonds. The van der Waals surface area contributed by atoms with E-state index in [0.29, 0.717) is 18.7 Å². The molecule has 0 bridgehead atoms. The van der Waals surface area contributed by atoms with E-state index >= 15 is 0 Å². The zero-order valence-electron chi connectivity index (χ0n) is 11.0. The molecule has 1 aromatic carbocycles. The number of nitrogen functional groups attached to an aromatic ring is 1. The predicted octanol–water partition coefficient (Wildman–Crippen LogP) is 2.16. The Labute approximate surface area is 117 Å². The Morgan fingerprint density at radius 1 is 1.35 bits per heavy atom. The van der Waals surface area contributed by atoms with Crippen LogP contribution in [0, 0.1) is 0 Å². The summed E-state index contributed by atoms with van der Waals surface area (Å²) >= 11 is 0. The topological polar surface area (TPSA) is 80.0 Å². The van der Waals surface area contributed by atoms with Crippen LogP contribution in [0.5, 0.6) is 0 Å². The number of hydrogen-bond acceptors (Lipinski definition) is 4. The highest BCUT2D eigenvalue weighted by atomic mass is 16.1. The molecule has 4 N–H and O–H groups in total. The molecule has 0 spiro atoms. The summed E-state index contributed by atoms with van der Waals surface area (Å²) in [7, 11) is 0. The first kappa shape index (κ1) is 12.5. The molecule has 5 nitrogen and oxygen atoms in total. The number of carbonyl (C=O) groups is 1. The Hall–Kier alpha value is -2.56. The number of benzene rings is 1. The van der Waals surface area contributed by atoms with Crippen LogP contribution in [0.4, 0.5) is 17.1 Å². The highest BCUT2D eigenvalue weighted by Gasteiger charge is 2.16. The third-order valence-electron chi connectivity index (χ3n) is 3.38. The van der Waals surface area contributed by atoms with E-state index in [9.17, 15) is 4.79 Å². The molecular weight excluding hydrogens is 252 g/mol. The van der Waals surface area contributed by atoms with Crippen LogP contribution >= 0.6 is 0 Å². The van der Waals surface area contributed by atoms with Gasteiger partial charge in [-0.25, -0.2) is 0 Å². The average Bonchev–Trinajstić information content (AvgIpc) is 2.46. The summed E-state index contributed by atoms with van der Waals surface area (Å²) in [6, 6.07) is 7.72. The molecule has 0 fully saturated rings. The number of anilines is 3. The van der Waals surface area contributed by atoms with Crippen molar-refractivity contribution in [2.45, 2.75) is 19.4 Å². The first-order valence-electron chi connectivity index (χ1n) is 6.57. The molecule has 0 atom stereocenters. The summed E-state index contributed by atoms with van der Waals surface area (Å²) in [6.07, 6.45) is 4.82. The van der Waals surface area contributed by atoms with Crippen LogP contribution in [0.25, 0.3) is 0 Å². The average molecular weight is 268 g/mol. The van der Waals surface area contributed by atoms with Crippen molar-refractivity contribution in [1.29, 1.82) is 0 Å². The zero-order chi connectivity index (χ0) is 13.9. The molecule has 102 valence electrons. The predicted molar refractivity (Wildman–Crippen MR) is 79.4 cm³/mol. The van der Waals surface area contributed by atoms with Crippen molar-refractivity contribution < 1.29 is 4.79 Å². The van der Waals surface area contributed by atoms with Gasteiger partial charge in [-0.1, -0.05) is 6.07 Å². The summed E-state index contributed by atoms with van der Waals surface area (Å²) in [6.45, 7) is 0.644. The molecule has 1 aliphatic heterocycles. The maximum Gasteiger partial charge on any atom is 0.224 e. The van der Waals surface area contributed by atoms with Crippen LogP contribution < -0.4 is 16.4 Å². The van der Waals surface area contributed by atoms with Gasteiger partial charge in [-0.05, 0) is 35.7 Å². The Balaban J connectivity index is 1.80. The van der Waals surface area contributed by atoms with Gasteiger partial charge in [-0.3, -0.25) is 9.78 Å². The van der Waals surface area contributed by atoms with E-state index in [1.54, 1.807) is 6.20 Å². The van der Waals surface area contributed by atoms with Crippen LogP contribution in [-0.2, 0) is 17.8 Å². The summed E-state index contributed by atoms with van der Waals surface area (Å²) in [5.41, 5.74) is 10.6. The first-order chi connectivity index (χ1) is 9.72. The molecule has 0 aliphatic carbocycles. The number of nitrogens with zero attached hydrogens (tertiary/aromatic N) is 1. The fourth-order valence-corrected chi connectivity index (χ4v) is 2.30. The smallest absolute Gasteiger partial charge is 0.224 e. The molecule has 2 heterocycles. The fourth-order valence-electron chi connectivity index (χ4n) is 2.30. The van der Waals surface area contributed by atoms with E-state index in [1.165, 1.54) is 0 Å². The van der Waals surface area contributed by atoms with Crippen LogP contribution in [-0.4, -0.2) is 10.9 Å². The second-order valence-corrected chi connectivity index (χ2v) is 4.86. The van der Waals surface area contributed by atoms with Crippen molar-refractivity contribution >= 4 is 23.0 Å². The van der Waals surface area contributed by atoms with E-state index in [0.717, 1.165) is 28.9 Å². The third-order valence-corrected chi connectivity index (χ3v) is 3.38. The van der Waals surface area contributed by atoms with Gasteiger partial charge in [0.1, 0.15) is 0 Å². The summed E-state index contributed by atoms with van der Waals surface area (Å²) < 4.78 is 0. The molecule has 0 saturated carbocycles. The summed E-state index contributed by atoms with van der Waals surface area (Å²) in [4.78, 5) is 15.5. The van der Waals surface area contributed by atoms with Gasteiger partial charge >= 0.3 is 0 Å². The Morgan fingerprint density at radius 3 is 3.05 bits per heavy atom.